The second-order valence-electron chi connectivity index (χ2n) is 4.02. The number of thiophene rings is 1. The van der Waals surface area contributed by atoms with Crippen LogP contribution in [-0.4, -0.2) is 34.6 Å². The predicted octanol–water partition coefficient (Wildman–Crippen LogP) is 1.66. The molecule has 1 aromatic rings. The molecular weight excluding hydrogens is 280 g/mol. The van der Waals surface area contributed by atoms with E-state index in [4.69, 9.17) is 0 Å². The topological polar surface area (TPSA) is 68.3 Å². The van der Waals surface area contributed by atoms with Gasteiger partial charge in [-0.25, -0.2) is 16.8 Å². The van der Waals surface area contributed by atoms with Crippen LogP contribution in [0.3, 0.4) is 0 Å². The summed E-state index contributed by atoms with van der Waals surface area (Å²) in [5.41, 5.74) is 0. The first-order valence-electron chi connectivity index (χ1n) is 5.18. The zero-order chi connectivity index (χ0) is 13.1. The molecule has 98 valence electrons. The summed E-state index contributed by atoms with van der Waals surface area (Å²) in [5, 5.41) is 0. The van der Waals surface area contributed by atoms with E-state index in [9.17, 15) is 16.8 Å². The lowest BCUT2D eigenvalue weighted by Gasteiger charge is -2.01. The maximum Gasteiger partial charge on any atom is 0.187 e. The van der Waals surface area contributed by atoms with Crippen LogP contribution in [0.5, 0.6) is 0 Å². The van der Waals surface area contributed by atoms with Gasteiger partial charge in [0.05, 0.1) is 5.75 Å². The molecule has 0 aliphatic rings. The average Bonchev–Trinajstić information content (AvgIpc) is 2.59. The number of aryl methyl sites for hydroxylation is 1. The fraction of sp³-hybridized carbons (Fsp3) is 0.600. The lowest BCUT2D eigenvalue weighted by atomic mass is 10.4. The summed E-state index contributed by atoms with van der Waals surface area (Å²) in [6.07, 6.45) is 1.93. The lowest BCUT2D eigenvalue weighted by Crippen LogP contribution is -2.08. The van der Waals surface area contributed by atoms with Gasteiger partial charge in [0.2, 0.25) is 0 Å². The van der Waals surface area contributed by atoms with E-state index in [0.29, 0.717) is 17.1 Å². The minimum atomic E-state index is -3.23. The Kier molecular flexibility index (Phi) is 4.74. The van der Waals surface area contributed by atoms with E-state index in [2.05, 4.69) is 0 Å². The molecule has 0 aliphatic heterocycles. The zero-order valence-corrected chi connectivity index (χ0v) is 12.3. The quantitative estimate of drug-likeness (QED) is 0.749. The molecule has 0 aromatic carbocycles. The number of unbranched alkanes of at least 4 members (excludes halogenated alkanes) is 1. The zero-order valence-electron chi connectivity index (χ0n) is 9.84. The summed E-state index contributed by atoms with van der Waals surface area (Å²) < 4.78 is 45.8. The molecule has 0 fully saturated rings. The highest BCUT2D eigenvalue weighted by Gasteiger charge is 2.16. The Morgan fingerprint density at radius 2 is 1.65 bits per heavy atom. The molecule has 0 N–H and O–H groups in total. The molecule has 1 rings (SSSR count). The summed E-state index contributed by atoms with van der Waals surface area (Å²) in [7, 11) is -6.23. The third kappa shape index (κ3) is 5.18. The molecule has 0 saturated carbocycles. The van der Waals surface area contributed by atoms with Gasteiger partial charge in [0.1, 0.15) is 14.0 Å². The van der Waals surface area contributed by atoms with E-state index >= 15 is 0 Å². The Labute approximate surface area is 107 Å². The van der Waals surface area contributed by atoms with Crippen LogP contribution >= 0.6 is 11.3 Å². The van der Waals surface area contributed by atoms with Gasteiger partial charge in [-0.1, -0.05) is 0 Å². The summed E-state index contributed by atoms with van der Waals surface area (Å²) in [6, 6.07) is 3.37. The smallest absolute Gasteiger partial charge is 0.187 e. The van der Waals surface area contributed by atoms with E-state index in [-0.39, 0.29) is 11.5 Å². The molecule has 1 heterocycles. The van der Waals surface area contributed by atoms with Gasteiger partial charge in [-0.15, -0.1) is 11.3 Å². The minimum Gasteiger partial charge on any atom is -0.229 e. The van der Waals surface area contributed by atoms with Crippen molar-refractivity contribution in [3.05, 3.63) is 17.0 Å². The molecule has 0 aliphatic carbocycles. The van der Waals surface area contributed by atoms with Crippen molar-refractivity contribution in [3.8, 4) is 0 Å². The van der Waals surface area contributed by atoms with Crippen molar-refractivity contribution in [1.82, 2.24) is 0 Å². The third-order valence-electron chi connectivity index (χ3n) is 2.20. The van der Waals surface area contributed by atoms with Crippen molar-refractivity contribution in [2.24, 2.45) is 0 Å². The Morgan fingerprint density at radius 1 is 1.06 bits per heavy atom. The number of sulfone groups is 2. The molecular formula is C10H16O4S3. The highest BCUT2D eigenvalue weighted by atomic mass is 32.2. The summed E-state index contributed by atoms with van der Waals surface area (Å²) >= 11 is 1.25. The highest BCUT2D eigenvalue weighted by Crippen LogP contribution is 2.22. The molecule has 0 bridgehead atoms. The van der Waals surface area contributed by atoms with Gasteiger partial charge in [0, 0.05) is 16.9 Å². The maximum absolute atomic E-state index is 11.8. The van der Waals surface area contributed by atoms with Crippen molar-refractivity contribution >= 4 is 31.0 Å². The normalized spacial score (nSPS) is 12.8. The maximum atomic E-state index is 11.8. The highest BCUT2D eigenvalue weighted by molar-refractivity contribution is 7.93. The van der Waals surface area contributed by atoms with Crippen LogP contribution in [-0.2, 0) is 19.7 Å². The van der Waals surface area contributed by atoms with Gasteiger partial charge in [0.15, 0.2) is 9.84 Å². The molecule has 0 radical (unpaired) electrons. The second kappa shape index (κ2) is 5.49. The third-order valence-corrected chi connectivity index (χ3v) is 6.61. The van der Waals surface area contributed by atoms with Crippen LogP contribution < -0.4 is 0 Å². The van der Waals surface area contributed by atoms with E-state index < -0.39 is 19.7 Å². The fourth-order valence-electron chi connectivity index (χ4n) is 1.34. The van der Waals surface area contributed by atoms with Gasteiger partial charge in [0.25, 0.3) is 0 Å². The summed E-state index contributed by atoms with van der Waals surface area (Å²) in [6.45, 7) is 1.85. The van der Waals surface area contributed by atoms with Crippen LogP contribution in [0.4, 0.5) is 0 Å². The van der Waals surface area contributed by atoms with Crippen LogP contribution in [0.25, 0.3) is 0 Å². The van der Waals surface area contributed by atoms with Crippen LogP contribution in [0.2, 0.25) is 0 Å². The first kappa shape index (κ1) is 14.7. The number of hydrogen-bond acceptors (Lipinski definition) is 5. The molecule has 1 aromatic heterocycles. The van der Waals surface area contributed by atoms with Crippen molar-refractivity contribution in [3.63, 3.8) is 0 Å². The molecule has 0 unspecified atom stereocenters. The van der Waals surface area contributed by atoms with Crippen molar-refractivity contribution < 1.29 is 16.8 Å². The monoisotopic (exact) mass is 296 g/mol. The van der Waals surface area contributed by atoms with Crippen LogP contribution in [0.15, 0.2) is 16.3 Å². The van der Waals surface area contributed by atoms with E-state index in [1.54, 1.807) is 12.1 Å². The van der Waals surface area contributed by atoms with Gasteiger partial charge >= 0.3 is 0 Å². The van der Waals surface area contributed by atoms with E-state index in [1.807, 2.05) is 6.92 Å². The number of rotatable bonds is 6. The molecule has 4 nitrogen and oxygen atoms in total. The lowest BCUT2D eigenvalue weighted by molar-refractivity contribution is 0.589. The Balaban J connectivity index is 2.52. The predicted molar refractivity (Wildman–Crippen MR) is 70.1 cm³/mol. The van der Waals surface area contributed by atoms with Gasteiger partial charge in [-0.05, 0) is 31.9 Å². The standard InChI is InChI=1S/C10H16O4S3/c1-9-5-6-10(15-9)17(13,14)8-4-3-7-16(2,11)12/h5-6H,3-4,7-8H2,1-2H3. The first-order chi connectivity index (χ1) is 7.71. The molecule has 0 saturated heterocycles. The summed E-state index contributed by atoms with van der Waals surface area (Å²) in [5.74, 6) is 0.0639. The molecule has 0 atom stereocenters. The Morgan fingerprint density at radius 3 is 2.12 bits per heavy atom. The van der Waals surface area contributed by atoms with Gasteiger partial charge < -0.3 is 0 Å². The molecule has 17 heavy (non-hydrogen) atoms. The fourth-order valence-corrected chi connectivity index (χ4v) is 4.87. The Bertz CT molecular complexity index is 566. The van der Waals surface area contributed by atoms with Gasteiger partial charge in [-0.2, -0.15) is 0 Å². The van der Waals surface area contributed by atoms with Crippen molar-refractivity contribution in [1.29, 1.82) is 0 Å². The summed E-state index contributed by atoms with van der Waals surface area (Å²) in [4.78, 5) is 0.958. The largest absolute Gasteiger partial charge is 0.229 e. The average molecular weight is 296 g/mol. The molecule has 0 spiro atoms. The van der Waals surface area contributed by atoms with Gasteiger partial charge in [-0.3, -0.25) is 0 Å². The van der Waals surface area contributed by atoms with Crippen molar-refractivity contribution in [2.75, 3.05) is 17.8 Å². The second-order valence-corrected chi connectivity index (χ2v) is 9.90. The Hall–Kier alpha value is -0.400. The van der Waals surface area contributed by atoms with Crippen molar-refractivity contribution in [2.45, 2.75) is 24.0 Å². The molecule has 0 amide bonds. The van der Waals surface area contributed by atoms with Crippen LogP contribution in [0, 0.1) is 6.92 Å². The number of hydrogen-bond donors (Lipinski definition) is 0. The van der Waals surface area contributed by atoms with E-state index in [0.717, 1.165) is 11.1 Å². The molecule has 7 heteroatoms. The minimum absolute atomic E-state index is 0.0163. The first-order valence-corrected chi connectivity index (χ1v) is 9.70. The SMILES string of the molecule is Cc1ccc(S(=O)(=O)CCCCS(C)(=O)=O)s1. The van der Waals surface area contributed by atoms with Crippen LogP contribution in [0.1, 0.15) is 17.7 Å². The van der Waals surface area contributed by atoms with E-state index in [1.165, 1.54) is 11.3 Å².